The molecule has 2 rings (SSSR count). The van der Waals surface area contributed by atoms with Crippen molar-refractivity contribution in [2.24, 2.45) is 4.99 Å². The molecule has 0 aliphatic heterocycles. The molecule has 0 saturated heterocycles. The number of hydrogen-bond acceptors (Lipinski definition) is 3. The van der Waals surface area contributed by atoms with Gasteiger partial charge in [0.2, 0.25) is 0 Å². The third-order valence-electron chi connectivity index (χ3n) is 3.66. The highest BCUT2D eigenvalue weighted by atomic mass is 127. The number of guanidine groups is 1. The highest BCUT2D eigenvalue weighted by Crippen LogP contribution is 2.23. The lowest BCUT2D eigenvalue weighted by Crippen LogP contribution is -2.38. The Bertz CT molecular complexity index is 708. The number of methoxy groups -OCH3 is 1. The molecule has 2 aromatic carbocycles. The van der Waals surface area contributed by atoms with Gasteiger partial charge in [0.1, 0.15) is 11.5 Å². The van der Waals surface area contributed by atoms with E-state index in [1.54, 1.807) is 25.3 Å². The van der Waals surface area contributed by atoms with E-state index >= 15 is 0 Å². The standard InChI is InChI=1S/C19H24ClN3O2.HI/c1-3-21-19(22-11-10-14-4-6-16(20)7-5-14)23-13-15-12-17(25-2)8-9-18(15)24;/h4-9,12,24H,3,10-11,13H2,1-2H3,(H2,21,22,23);1H. The Hall–Kier alpha value is -1.67. The van der Waals surface area contributed by atoms with Crippen molar-refractivity contribution in [2.45, 2.75) is 19.9 Å². The summed E-state index contributed by atoms with van der Waals surface area (Å²) in [6.07, 6.45) is 0.867. The molecule has 0 radical (unpaired) electrons. The van der Waals surface area contributed by atoms with E-state index in [0.29, 0.717) is 23.8 Å². The molecular formula is C19H25ClIN3O2. The molecule has 7 heteroatoms. The quantitative estimate of drug-likeness (QED) is 0.313. The van der Waals surface area contributed by atoms with Gasteiger partial charge in [-0.15, -0.1) is 24.0 Å². The molecule has 0 aromatic heterocycles. The largest absolute Gasteiger partial charge is 0.508 e. The Morgan fingerprint density at radius 3 is 2.54 bits per heavy atom. The molecule has 0 spiro atoms. The number of phenols is 1. The molecule has 0 fully saturated rings. The van der Waals surface area contributed by atoms with E-state index in [-0.39, 0.29) is 29.7 Å². The fraction of sp³-hybridized carbons (Fsp3) is 0.316. The number of nitrogens with zero attached hydrogens (tertiary/aromatic N) is 1. The first kappa shape index (κ1) is 22.4. The van der Waals surface area contributed by atoms with Gasteiger partial charge in [0.25, 0.3) is 0 Å². The summed E-state index contributed by atoms with van der Waals surface area (Å²) < 4.78 is 5.19. The maximum atomic E-state index is 9.94. The summed E-state index contributed by atoms with van der Waals surface area (Å²) in [6.45, 7) is 3.88. The number of benzene rings is 2. The van der Waals surface area contributed by atoms with E-state index in [9.17, 15) is 5.11 Å². The summed E-state index contributed by atoms with van der Waals surface area (Å²) in [5.74, 6) is 1.61. The van der Waals surface area contributed by atoms with Crippen molar-refractivity contribution in [2.75, 3.05) is 20.2 Å². The highest BCUT2D eigenvalue weighted by molar-refractivity contribution is 14.0. The van der Waals surface area contributed by atoms with Crippen molar-refractivity contribution in [1.82, 2.24) is 10.6 Å². The topological polar surface area (TPSA) is 65.9 Å². The van der Waals surface area contributed by atoms with Crippen LogP contribution in [0.4, 0.5) is 0 Å². The summed E-state index contributed by atoms with van der Waals surface area (Å²) >= 11 is 5.90. The fourth-order valence-electron chi connectivity index (χ4n) is 2.30. The predicted octanol–water partition coefficient (Wildman–Crippen LogP) is 3.97. The summed E-state index contributed by atoms with van der Waals surface area (Å²) in [7, 11) is 1.60. The zero-order chi connectivity index (χ0) is 18.1. The second-order valence-electron chi connectivity index (χ2n) is 5.49. The van der Waals surface area contributed by atoms with Gasteiger partial charge in [0.15, 0.2) is 5.96 Å². The smallest absolute Gasteiger partial charge is 0.191 e. The monoisotopic (exact) mass is 489 g/mol. The average molecular weight is 490 g/mol. The molecule has 0 aliphatic rings. The molecule has 142 valence electrons. The number of nitrogens with one attached hydrogen (secondary N) is 2. The van der Waals surface area contributed by atoms with Gasteiger partial charge in [-0.1, -0.05) is 23.7 Å². The van der Waals surface area contributed by atoms with Crippen molar-refractivity contribution in [3.8, 4) is 11.5 Å². The first-order chi connectivity index (χ1) is 12.1. The van der Waals surface area contributed by atoms with Crippen LogP contribution in [0.15, 0.2) is 47.5 Å². The van der Waals surface area contributed by atoms with Gasteiger partial charge < -0.3 is 20.5 Å². The number of aliphatic imine (C=N–C) groups is 1. The molecule has 0 unspecified atom stereocenters. The van der Waals surface area contributed by atoms with Crippen molar-refractivity contribution < 1.29 is 9.84 Å². The van der Waals surface area contributed by atoms with Crippen LogP contribution in [0.3, 0.4) is 0 Å². The Morgan fingerprint density at radius 2 is 1.88 bits per heavy atom. The van der Waals surface area contributed by atoms with Crippen LogP contribution >= 0.6 is 35.6 Å². The van der Waals surface area contributed by atoms with Crippen LogP contribution in [0.25, 0.3) is 0 Å². The molecule has 0 atom stereocenters. The average Bonchev–Trinajstić information content (AvgIpc) is 2.62. The molecule has 2 aromatic rings. The lowest BCUT2D eigenvalue weighted by atomic mass is 10.1. The zero-order valence-corrected chi connectivity index (χ0v) is 18.0. The second-order valence-corrected chi connectivity index (χ2v) is 5.93. The van der Waals surface area contributed by atoms with Gasteiger partial charge in [-0.25, -0.2) is 4.99 Å². The molecule has 0 saturated carbocycles. The molecule has 3 N–H and O–H groups in total. The Labute approximate surface area is 176 Å². The van der Waals surface area contributed by atoms with Gasteiger partial charge in [-0.3, -0.25) is 0 Å². The lowest BCUT2D eigenvalue weighted by Gasteiger charge is -2.12. The predicted molar refractivity (Wildman–Crippen MR) is 118 cm³/mol. The minimum Gasteiger partial charge on any atom is -0.508 e. The number of hydrogen-bond donors (Lipinski definition) is 3. The number of aromatic hydroxyl groups is 1. The minimum absolute atomic E-state index is 0. The third-order valence-corrected chi connectivity index (χ3v) is 3.91. The van der Waals surface area contributed by atoms with Crippen LogP contribution < -0.4 is 15.4 Å². The third kappa shape index (κ3) is 7.29. The minimum atomic E-state index is 0. The van der Waals surface area contributed by atoms with Crippen LogP contribution in [0, 0.1) is 0 Å². The van der Waals surface area contributed by atoms with Crippen LogP contribution in [-0.4, -0.2) is 31.3 Å². The van der Waals surface area contributed by atoms with E-state index in [1.807, 2.05) is 31.2 Å². The van der Waals surface area contributed by atoms with E-state index in [4.69, 9.17) is 16.3 Å². The molecule has 0 aliphatic carbocycles. The number of halogens is 2. The summed E-state index contributed by atoms with van der Waals surface area (Å²) in [5.41, 5.74) is 1.92. The summed E-state index contributed by atoms with van der Waals surface area (Å²) in [5, 5.41) is 17.2. The second kappa shape index (κ2) is 11.9. The van der Waals surface area contributed by atoms with Crippen LogP contribution in [0.2, 0.25) is 5.02 Å². The van der Waals surface area contributed by atoms with Crippen LogP contribution in [0.5, 0.6) is 11.5 Å². The van der Waals surface area contributed by atoms with Gasteiger partial charge in [0.05, 0.1) is 13.7 Å². The highest BCUT2D eigenvalue weighted by Gasteiger charge is 2.04. The maximum absolute atomic E-state index is 9.94. The van der Waals surface area contributed by atoms with Crippen molar-refractivity contribution in [3.05, 3.63) is 58.6 Å². The van der Waals surface area contributed by atoms with Crippen LogP contribution in [0.1, 0.15) is 18.1 Å². The Kier molecular flexibility index (Phi) is 10.2. The zero-order valence-electron chi connectivity index (χ0n) is 15.0. The number of phenolic OH excluding ortho intramolecular Hbond substituents is 1. The number of rotatable bonds is 7. The van der Waals surface area contributed by atoms with Crippen molar-refractivity contribution in [3.63, 3.8) is 0 Å². The first-order valence-corrected chi connectivity index (χ1v) is 8.62. The van der Waals surface area contributed by atoms with Gasteiger partial charge in [-0.05, 0) is 49.2 Å². The first-order valence-electron chi connectivity index (χ1n) is 8.25. The van der Waals surface area contributed by atoms with E-state index in [1.165, 1.54) is 5.56 Å². The van der Waals surface area contributed by atoms with Crippen molar-refractivity contribution in [1.29, 1.82) is 0 Å². The van der Waals surface area contributed by atoms with E-state index in [2.05, 4.69) is 15.6 Å². The number of ether oxygens (including phenoxy) is 1. The summed E-state index contributed by atoms with van der Waals surface area (Å²) in [4.78, 5) is 4.52. The normalized spacial score (nSPS) is 10.8. The van der Waals surface area contributed by atoms with E-state index in [0.717, 1.165) is 24.5 Å². The van der Waals surface area contributed by atoms with Crippen molar-refractivity contribution >= 4 is 41.5 Å². The molecule has 5 nitrogen and oxygen atoms in total. The molecular weight excluding hydrogens is 465 g/mol. The van der Waals surface area contributed by atoms with E-state index < -0.39 is 0 Å². The van der Waals surface area contributed by atoms with Gasteiger partial charge in [-0.2, -0.15) is 0 Å². The Morgan fingerprint density at radius 1 is 1.15 bits per heavy atom. The fourth-order valence-corrected chi connectivity index (χ4v) is 2.42. The molecule has 0 heterocycles. The van der Waals surface area contributed by atoms with Gasteiger partial charge >= 0.3 is 0 Å². The maximum Gasteiger partial charge on any atom is 0.191 e. The molecule has 0 bridgehead atoms. The Balaban J connectivity index is 0.00000338. The van der Waals surface area contributed by atoms with Crippen LogP contribution in [-0.2, 0) is 13.0 Å². The summed E-state index contributed by atoms with van der Waals surface area (Å²) in [6, 6.07) is 12.9. The lowest BCUT2D eigenvalue weighted by molar-refractivity contribution is 0.411. The molecule has 0 amide bonds. The molecule has 26 heavy (non-hydrogen) atoms. The SMILES string of the molecule is CCNC(=NCc1cc(OC)ccc1O)NCCc1ccc(Cl)cc1.I. The van der Waals surface area contributed by atoms with Gasteiger partial charge in [0, 0.05) is 23.7 Å².